The summed E-state index contributed by atoms with van der Waals surface area (Å²) >= 11 is 0. The summed E-state index contributed by atoms with van der Waals surface area (Å²) < 4.78 is 61.0. The van der Waals surface area contributed by atoms with Gasteiger partial charge >= 0.3 is 16.5 Å². The van der Waals surface area contributed by atoms with Gasteiger partial charge in [-0.05, 0) is 0 Å². The fourth-order valence-corrected chi connectivity index (χ4v) is 4.75. The zero-order chi connectivity index (χ0) is 20.1. The standard InChI is InChI=1S/C14H26B2O9P2.2Y/c1-7-11(9(5-19-3)22-13(7)15)25-27(18)21-6-10-12(24-26(17)20-4)8(2)14(16)23-10;;/h7-14,26-27H,5-6H2,1-4H3;;/t7?,8?,9-,10-,11-,12-,13-,14-;;/m1../s1. The molecule has 6 radical (unpaired) electrons. The van der Waals surface area contributed by atoms with E-state index in [9.17, 15) is 9.13 Å². The van der Waals surface area contributed by atoms with Gasteiger partial charge in [0.25, 0.3) is 0 Å². The fraction of sp³-hybridized carbons (Fsp3) is 1.00. The summed E-state index contributed by atoms with van der Waals surface area (Å²) in [4.78, 5) is 0. The Kier molecular flexibility index (Phi) is 16.8. The topological polar surface area (TPSA) is 98.8 Å². The Morgan fingerprint density at radius 1 is 0.828 bits per heavy atom. The molecule has 0 saturated carbocycles. The largest absolute Gasteiger partial charge is 0.382 e. The van der Waals surface area contributed by atoms with E-state index in [0.717, 1.165) is 0 Å². The van der Waals surface area contributed by atoms with Gasteiger partial charge in [-0.1, -0.05) is 13.8 Å². The summed E-state index contributed by atoms with van der Waals surface area (Å²) in [7, 11) is 9.00. The van der Waals surface area contributed by atoms with Gasteiger partial charge in [0.15, 0.2) is 0 Å². The van der Waals surface area contributed by atoms with Crippen LogP contribution in [-0.4, -0.2) is 79.5 Å². The minimum Gasteiger partial charge on any atom is -0.382 e. The molecule has 2 aliphatic heterocycles. The Hall–Kier alpha value is 2.52. The molecule has 2 saturated heterocycles. The smallest absolute Gasteiger partial charge is 0.319 e. The van der Waals surface area contributed by atoms with E-state index in [4.69, 9.17) is 43.5 Å². The van der Waals surface area contributed by atoms with Gasteiger partial charge < -0.3 is 32.3 Å². The number of hydrogen-bond acceptors (Lipinski definition) is 9. The summed E-state index contributed by atoms with van der Waals surface area (Å²) in [6.07, 6.45) is -2.21. The third-order valence-electron chi connectivity index (χ3n) is 4.80. The molecule has 0 aromatic carbocycles. The molecule has 2 fully saturated rings. The van der Waals surface area contributed by atoms with Crippen molar-refractivity contribution in [3.63, 3.8) is 0 Å². The zero-order valence-corrected chi connectivity index (χ0v) is 24.7. The molecule has 0 N–H and O–H groups in total. The van der Waals surface area contributed by atoms with Crippen molar-refractivity contribution < 1.29 is 107 Å². The summed E-state index contributed by atoms with van der Waals surface area (Å²) in [5.74, 6) is -0.416. The predicted molar refractivity (Wildman–Crippen MR) is 99.7 cm³/mol. The Balaban J connectivity index is 0.00000392. The molecule has 0 bridgehead atoms. The molecule has 0 aromatic heterocycles. The summed E-state index contributed by atoms with van der Waals surface area (Å²) in [5, 5.41) is 0. The molecule has 29 heavy (non-hydrogen) atoms. The SMILES string of the molecule is [B][C@@H]1O[C@H](CO[PH](=O)O[C@@H]2C(C)[C@H]([B])O[C@@H]2COC)[C@H](O[PH](=O)OC)C1C.[Y].[Y]. The number of hydrogen-bond donors (Lipinski definition) is 0. The van der Waals surface area contributed by atoms with Crippen LogP contribution in [0, 0.1) is 11.8 Å². The van der Waals surface area contributed by atoms with E-state index < -0.39 is 52.9 Å². The first-order valence-electron chi connectivity index (χ1n) is 8.67. The Labute approximate surface area is 226 Å². The van der Waals surface area contributed by atoms with Gasteiger partial charge in [0.05, 0.1) is 25.4 Å². The number of methoxy groups -OCH3 is 1. The monoisotopic (exact) mass is 600 g/mol. The molecule has 15 heteroatoms. The van der Waals surface area contributed by atoms with E-state index >= 15 is 0 Å². The molecule has 10 atom stereocenters. The minimum atomic E-state index is -2.88. The van der Waals surface area contributed by atoms with Crippen molar-refractivity contribution in [2.45, 2.75) is 50.3 Å². The van der Waals surface area contributed by atoms with Crippen molar-refractivity contribution in [3.8, 4) is 0 Å². The van der Waals surface area contributed by atoms with Crippen molar-refractivity contribution in [1.82, 2.24) is 0 Å². The maximum atomic E-state index is 12.3. The van der Waals surface area contributed by atoms with Gasteiger partial charge in [-0.25, -0.2) is 0 Å². The van der Waals surface area contributed by atoms with Crippen molar-refractivity contribution in [1.29, 1.82) is 0 Å². The van der Waals surface area contributed by atoms with Crippen LogP contribution in [0.25, 0.3) is 0 Å². The minimum absolute atomic E-state index is 0. The van der Waals surface area contributed by atoms with Crippen LogP contribution in [-0.2, 0) is 107 Å². The quantitative estimate of drug-likeness (QED) is 0.268. The Morgan fingerprint density at radius 3 is 1.72 bits per heavy atom. The Bertz CT molecular complexity index is 539. The van der Waals surface area contributed by atoms with Gasteiger partial charge in [-0.2, -0.15) is 0 Å². The second-order valence-corrected chi connectivity index (χ2v) is 8.80. The van der Waals surface area contributed by atoms with E-state index in [1.165, 1.54) is 14.2 Å². The van der Waals surface area contributed by atoms with E-state index in [1.807, 2.05) is 6.92 Å². The zero-order valence-electron chi connectivity index (χ0n) is 17.0. The normalized spacial score (nSPS) is 38.8. The third-order valence-corrected chi connectivity index (χ3v) is 6.46. The maximum absolute atomic E-state index is 12.3. The Morgan fingerprint density at radius 2 is 1.28 bits per heavy atom. The molecular weight excluding hydrogens is 574 g/mol. The van der Waals surface area contributed by atoms with Crippen LogP contribution in [0.3, 0.4) is 0 Å². The second kappa shape index (κ2) is 15.4. The average Bonchev–Trinajstić information content (AvgIpc) is 3.05. The van der Waals surface area contributed by atoms with Gasteiger partial charge in [0.2, 0.25) is 0 Å². The van der Waals surface area contributed by atoms with Crippen LogP contribution in [0.4, 0.5) is 0 Å². The van der Waals surface area contributed by atoms with Gasteiger partial charge in [0.1, 0.15) is 27.9 Å². The first kappa shape index (κ1) is 31.5. The van der Waals surface area contributed by atoms with Crippen LogP contribution in [0.1, 0.15) is 13.8 Å². The van der Waals surface area contributed by atoms with Crippen LogP contribution in [0.2, 0.25) is 0 Å². The van der Waals surface area contributed by atoms with E-state index in [-0.39, 0.29) is 90.5 Å². The molecular formula is C14H26B2O9P2Y2. The van der Waals surface area contributed by atoms with Crippen LogP contribution in [0.15, 0.2) is 0 Å². The van der Waals surface area contributed by atoms with Crippen molar-refractivity contribution in [2.75, 3.05) is 27.4 Å². The molecule has 0 amide bonds. The molecule has 2 aliphatic rings. The third kappa shape index (κ3) is 9.00. The van der Waals surface area contributed by atoms with Crippen LogP contribution < -0.4 is 0 Å². The average molecular weight is 600 g/mol. The van der Waals surface area contributed by atoms with Gasteiger partial charge in [-0.15, -0.1) is 0 Å². The van der Waals surface area contributed by atoms with E-state index in [0.29, 0.717) is 0 Å². The molecule has 4 unspecified atom stereocenters. The first-order valence-corrected chi connectivity index (χ1v) is 11.1. The number of rotatable bonds is 10. The molecule has 158 valence electrons. The summed E-state index contributed by atoms with van der Waals surface area (Å²) in [5.41, 5.74) is 0. The van der Waals surface area contributed by atoms with Crippen molar-refractivity contribution in [3.05, 3.63) is 0 Å². The van der Waals surface area contributed by atoms with Gasteiger partial charge in [-0.3, -0.25) is 9.13 Å². The van der Waals surface area contributed by atoms with E-state index in [1.54, 1.807) is 6.92 Å². The first-order chi connectivity index (χ1) is 12.8. The van der Waals surface area contributed by atoms with Crippen LogP contribution >= 0.6 is 16.5 Å². The van der Waals surface area contributed by atoms with Crippen molar-refractivity contribution in [2.24, 2.45) is 11.8 Å². The maximum Gasteiger partial charge on any atom is 0.319 e. The molecule has 0 aliphatic carbocycles. The van der Waals surface area contributed by atoms with Crippen molar-refractivity contribution >= 4 is 32.2 Å². The summed E-state index contributed by atoms with van der Waals surface area (Å²) in [6.45, 7) is 3.81. The second-order valence-electron chi connectivity index (χ2n) is 6.63. The molecule has 0 aromatic rings. The summed E-state index contributed by atoms with van der Waals surface area (Å²) in [6, 6.07) is -1.16. The number of ether oxygens (including phenoxy) is 3. The molecule has 2 heterocycles. The molecule has 0 spiro atoms. The fourth-order valence-electron chi connectivity index (χ4n) is 3.11. The van der Waals surface area contributed by atoms with Gasteiger partial charge in [0, 0.05) is 103 Å². The molecule has 2 rings (SSSR count). The molecule has 9 nitrogen and oxygen atoms in total. The van der Waals surface area contributed by atoms with E-state index in [2.05, 4.69) is 4.52 Å². The van der Waals surface area contributed by atoms with Crippen LogP contribution in [0.5, 0.6) is 0 Å². The predicted octanol–water partition coefficient (Wildman–Crippen LogP) is 0.900.